The van der Waals surface area contributed by atoms with Crippen molar-refractivity contribution in [2.45, 2.75) is 75.8 Å². The molecular weight excluding hydrogens is 420 g/mol. The maximum Gasteiger partial charge on any atom is 0.258 e. The first kappa shape index (κ1) is 24.8. The van der Waals surface area contributed by atoms with Gasteiger partial charge in [-0.1, -0.05) is 80.6 Å². The predicted molar refractivity (Wildman–Crippen MR) is 129 cm³/mol. The minimum Gasteiger partial charge on any atom is -0.424 e. The summed E-state index contributed by atoms with van der Waals surface area (Å²) in [7, 11) is -3.16. The van der Waals surface area contributed by atoms with Gasteiger partial charge < -0.3 is 24.5 Å². The molecule has 0 saturated carbocycles. The van der Waals surface area contributed by atoms with Gasteiger partial charge in [0.2, 0.25) is 0 Å². The van der Waals surface area contributed by atoms with Crippen LogP contribution in [0.4, 0.5) is 0 Å². The van der Waals surface area contributed by atoms with E-state index < -0.39 is 43.6 Å². The van der Waals surface area contributed by atoms with Crippen LogP contribution < -0.4 is 10.4 Å². The SMILES string of the molecule is C=CC(O)C1OC(C)(C)OC1C(O)CCC(C)(C)[Si](O)(c1ccccc1)c1ccccc1. The van der Waals surface area contributed by atoms with Gasteiger partial charge >= 0.3 is 0 Å². The van der Waals surface area contributed by atoms with Crippen LogP contribution in [0.15, 0.2) is 73.3 Å². The summed E-state index contributed by atoms with van der Waals surface area (Å²) < 4.78 is 11.8. The van der Waals surface area contributed by atoms with Crippen LogP contribution >= 0.6 is 0 Å². The Balaban J connectivity index is 1.85. The Kier molecular flexibility index (Phi) is 7.44. The molecule has 0 radical (unpaired) electrons. The van der Waals surface area contributed by atoms with Gasteiger partial charge in [-0.05, 0) is 42.1 Å². The molecule has 3 N–H and O–H groups in total. The van der Waals surface area contributed by atoms with Crippen molar-refractivity contribution < 1.29 is 24.5 Å². The molecule has 4 atom stereocenters. The average Bonchev–Trinajstić information content (AvgIpc) is 3.13. The van der Waals surface area contributed by atoms with E-state index in [0.29, 0.717) is 12.8 Å². The lowest BCUT2D eigenvalue weighted by atomic mass is 9.96. The van der Waals surface area contributed by atoms with E-state index in [1.165, 1.54) is 6.08 Å². The molecule has 32 heavy (non-hydrogen) atoms. The van der Waals surface area contributed by atoms with Gasteiger partial charge in [0.1, 0.15) is 18.3 Å². The second-order valence-electron chi connectivity index (χ2n) is 9.72. The first-order chi connectivity index (χ1) is 15.0. The van der Waals surface area contributed by atoms with Gasteiger partial charge in [-0.2, -0.15) is 0 Å². The smallest absolute Gasteiger partial charge is 0.258 e. The normalized spacial score (nSPS) is 23.0. The quantitative estimate of drug-likeness (QED) is 0.399. The largest absolute Gasteiger partial charge is 0.424 e. The Labute approximate surface area is 192 Å². The highest BCUT2D eigenvalue weighted by Gasteiger charge is 2.51. The summed E-state index contributed by atoms with van der Waals surface area (Å²) in [5.41, 5.74) is 0. The zero-order valence-electron chi connectivity index (χ0n) is 19.4. The van der Waals surface area contributed by atoms with E-state index in [9.17, 15) is 15.0 Å². The minimum absolute atomic E-state index is 0.395. The lowest BCUT2D eigenvalue weighted by molar-refractivity contribution is -0.159. The second-order valence-corrected chi connectivity index (χ2v) is 13.7. The van der Waals surface area contributed by atoms with E-state index in [4.69, 9.17) is 9.47 Å². The highest BCUT2D eigenvalue weighted by atomic mass is 28.4. The van der Waals surface area contributed by atoms with Crippen molar-refractivity contribution in [3.05, 3.63) is 73.3 Å². The number of rotatable bonds is 9. The average molecular weight is 457 g/mol. The zero-order chi connectivity index (χ0) is 23.6. The third kappa shape index (κ3) is 4.91. The van der Waals surface area contributed by atoms with Crippen LogP contribution in [-0.2, 0) is 9.47 Å². The summed E-state index contributed by atoms with van der Waals surface area (Å²) in [6.45, 7) is 11.3. The lowest BCUT2D eigenvalue weighted by Crippen LogP contribution is -2.65. The summed E-state index contributed by atoms with van der Waals surface area (Å²) in [6, 6.07) is 19.7. The highest BCUT2D eigenvalue weighted by Crippen LogP contribution is 2.41. The van der Waals surface area contributed by atoms with E-state index in [2.05, 4.69) is 20.4 Å². The molecule has 1 aliphatic rings. The number of aliphatic hydroxyl groups excluding tert-OH is 2. The monoisotopic (exact) mass is 456 g/mol. The first-order valence-electron chi connectivity index (χ1n) is 11.2. The standard InChI is InChI=1S/C26H36O5Si/c1-6-21(27)23-24(31-26(4,5)30-23)22(28)17-18-25(2,3)32(29,19-13-9-7-10-14-19)20-15-11-8-12-16-20/h6-16,21-24,27-29H,1,17-18H2,2-5H3. The van der Waals surface area contributed by atoms with E-state index in [-0.39, 0.29) is 0 Å². The number of hydrogen-bond donors (Lipinski definition) is 3. The van der Waals surface area contributed by atoms with Gasteiger partial charge in [-0.25, -0.2) is 0 Å². The summed E-state index contributed by atoms with van der Waals surface area (Å²) in [5, 5.41) is 22.7. The summed E-state index contributed by atoms with van der Waals surface area (Å²) in [6.07, 6.45) is -0.818. The van der Waals surface area contributed by atoms with Crippen molar-refractivity contribution >= 4 is 18.7 Å². The Morgan fingerprint density at radius 1 is 0.969 bits per heavy atom. The lowest BCUT2D eigenvalue weighted by Gasteiger charge is -2.42. The Morgan fingerprint density at radius 2 is 1.44 bits per heavy atom. The molecule has 3 rings (SSSR count). The molecule has 1 saturated heterocycles. The van der Waals surface area contributed by atoms with Crippen molar-refractivity contribution in [1.29, 1.82) is 0 Å². The van der Waals surface area contributed by atoms with Crippen LogP contribution in [0.3, 0.4) is 0 Å². The second kappa shape index (κ2) is 9.59. The molecule has 0 aromatic heterocycles. The fourth-order valence-electron chi connectivity index (χ4n) is 4.67. The van der Waals surface area contributed by atoms with E-state index in [1.54, 1.807) is 13.8 Å². The molecule has 0 amide bonds. The Bertz CT molecular complexity index is 844. The van der Waals surface area contributed by atoms with Gasteiger partial charge in [0.05, 0.1) is 6.10 Å². The maximum atomic E-state index is 12.3. The Hall–Kier alpha value is -1.80. The number of ether oxygens (including phenoxy) is 2. The molecule has 1 heterocycles. The molecule has 6 heteroatoms. The Morgan fingerprint density at radius 3 is 1.91 bits per heavy atom. The van der Waals surface area contributed by atoms with Crippen molar-refractivity contribution in [2.75, 3.05) is 0 Å². The molecular formula is C26H36O5Si. The number of hydrogen-bond acceptors (Lipinski definition) is 5. The van der Waals surface area contributed by atoms with Gasteiger partial charge in [-0.15, -0.1) is 6.58 Å². The van der Waals surface area contributed by atoms with E-state index >= 15 is 0 Å². The summed E-state index contributed by atoms with van der Waals surface area (Å²) in [4.78, 5) is 12.3. The van der Waals surface area contributed by atoms with Crippen LogP contribution in [0.5, 0.6) is 0 Å². The van der Waals surface area contributed by atoms with E-state index in [0.717, 1.165) is 10.4 Å². The van der Waals surface area contributed by atoms with Crippen molar-refractivity contribution in [2.24, 2.45) is 0 Å². The van der Waals surface area contributed by atoms with Crippen LogP contribution in [0.25, 0.3) is 0 Å². The number of benzene rings is 2. The topological polar surface area (TPSA) is 79.2 Å². The van der Waals surface area contributed by atoms with Crippen LogP contribution in [0.2, 0.25) is 5.04 Å². The van der Waals surface area contributed by atoms with Crippen LogP contribution in [-0.4, -0.2) is 53.5 Å². The first-order valence-corrected chi connectivity index (χ1v) is 13.1. The zero-order valence-corrected chi connectivity index (χ0v) is 20.4. The predicted octanol–water partition coefficient (Wildman–Crippen LogP) is 2.73. The summed E-state index contributed by atoms with van der Waals surface area (Å²) >= 11 is 0. The van der Waals surface area contributed by atoms with Crippen LogP contribution in [0.1, 0.15) is 40.5 Å². The highest BCUT2D eigenvalue weighted by molar-refractivity contribution is 6.98. The molecule has 0 bridgehead atoms. The number of aliphatic hydroxyl groups is 2. The minimum atomic E-state index is -3.16. The fraction of sp³-hybridized carbons (Fsp3) is 0.462. The molecule has 1 aliphatic heterocycles. The van der Waals surface area contributed by atoms with E-state index in [1.807, 2.05) is 60.7 Å². The molecule has 5 nitrogen and oxygen atoms in total. The third-order valence-electron chi connectivity index (χ3n) is 6.55. The maximum absolute atomic E-state index is 12.3. The van der Waals surface area contributed by atoms with Crippen LogP contribution in [0, 0.1) is 0 Å². The molecule has 174 valence electrons. The molecule has 4 unspecified atom stereocenters. The van der Waals surface area contributed by atoms with Crippen molar-refractivity contribution in [1.82, 2.24) is 0 Å². The van der Waals surface area contributed by atoms with Gasteiger partial charge in [0.15, 0.2) is 5.79 Å². The summed E-state index contributed by atoms with van der Waals surface area (Å²) in [5.74, 6) is -0.903. The van der Waals surface area contributed by atoms with Crippen molar-refractivity contribution in [3.63, 3.8) is 0 Å². The fourth-order valence-corrected chi connectivity index (χ4v) is 8.43. The van der Waals surface area contributed by atoms with Crippen molar-refractivity contribution in [3.8, 4) is 0 Å². The molecule has 2 aromatic rings. The molecule has 2 aromatic carbocycles. The van der Waals surface area contributed by atoms with Gasteiger partial charge in [-0.3, -0.25) is 0 Å². The van der Waals surface area contributed by atoms with Gasteiger partial charge in [0, 0.05) is 0 Å². The molecule has 0 aliphatic carbocycles. The molecule has 1 fully saturated rings. The molecule has 0 spiro atoms. The van der Waals surface area contributed by atoms with Gasteiger partial charge in [0.25, 0.3) is 8.32 Å². The third-order valence-corrected chi connectivity index (χ3v) is 11.1.